The van der Waals surface area contributed by atoms with Crippen LogP contribution in [0.5, 0.6) is 0 Å². The number of hydrogen-bond donors (Lipinski definition) is 1. The molecule has 1 amide bonds. The second-order valence-electron chi connectivity index (χ2n) is 5.41. The Morgan fingerprint density at radius 2 is 1.57 bits per heavy atom. The van der Waals surface area contributed by atoms with Crippen LogP contribution in [0.25, 0.3) is 0 Å². The van der Waals surface area contributed by atoms with Crippen molar-refractivity contribution in [3.63, 3.8) is 0 Å². The van der Waals surface area contributed by atoms with Gasteiger partial charge in [-0.3, -0.25) is 9.69 Å². The second kappa shape index (κ2) is 9.06. The standard InChI is InChI=1S/C17H28N2O.ClH/c1-7-15(19(8-2)9-3)17(20)18-16-13(5)10-12(4)11-14(16)6;/h10-11,15H,7-9H2,1-6H3,(H,18,20);1H. The molecule has 0 aliphatic rings. The molecule has 0 saturated carbocycles. The lowest BCUT2D eigenvalue weighted by atomic mass is 10.0. The molecule has 1 aromatic rings. The van der Waals surface area contributed by atoms with Crippen molar-refractivity contribution in [1.29, 1.82) is 0 Å². The highest BCUT2D eigenvalue weighted by Gasteiger charge is 2.22. The average molecular weight is 313 g/mol. The summed E-state index contributed by atoms with van der Waals surface area (Å²) in [5.74, 6) is 0.103. The monoisotopic (exact) mass is 312 g/mol. The van der Waals surface area contributed by atoms with Crippen LogP contribution >= 0.6 is 12.4 Å². The van der Waals surface area contributed by atoms with Gasteiger partial charge >= 0.3 is 0 Å². The fraction of sp³-hybridized carbons (Fsp3) is 0.588. The van der Waals surface area contributed by atoms with Gasteiger partial charge in [0.15, 0.2) is 0 Å². The molecule has 1 atom stereocenters. The van der Waals surface area contributed by atoms with Crippen LogP contribution in [-0.2, 0) is 4.79 Å². The summed E-state index contributed by atoms with van der Waals surface area (Å²) >= 11 is 0. The first-order chi connectivity index (χ1) is 9.44. The minimum Gasteiger partial charge on any atom is -0.324 e. The predicted octanol–water partition coefficient (Wildman–Crippen LogP) is 4.09. The third-order valence-corrected chi connectivity index (χ3v) is 3.87. The lowest BCUT2D eigenvalue weighted by molar-refractivity contribution is -0.121. The average Bonchev–Trinajstić information content (AvgIpc) is 2.39. The number of aryl methyl sites for hydroxylation is 3. The number of carbonyl (C=O) groups excluding carboxylic acids is 1. The van der Waals surface area contributed by atoms with E-state index in [4.69, 9.17) is 0 Å². The third kappa shape index (κ3) is 5.01. The molecule has 1 aromatic carbocycles. The van der Waals surface area contributed by atoms with E-state index in [0.717, 1.165) is 36.3 Å². The summed E-state index contributed by atoms with van der Waals surface area (Å²) in [6.45, 7) is 14.2. The lowest BCUT2D eigenvalue weighted by Gasteiger charge is -2.28. The van der Waals surface area contributed by atoms with Crippen LogP contribution in [0, 0.1) is 20.8 Å². The minimum atomic E-state index is -0.0508. The smallest absolute Gasteiger partial charge is 0.241 e. The van der Waals surface area contributed by atoms with Crippen molar-refractivity contribution >= 4 is 24.0 Å². The van der Waals surface area contributed by atoms with Gasteiger partial charge in [0.2, 0.25) is 5.91 Å². The number of benzene rings is 1. The summed E-state index contributed by atoms with van der Waals surface area (Å²) < 4.78 is 0. The molecule has 0 heterocycles. The Hall–Kier alpha value is -1.06. The van der Waals surface area contributed by atoms with E-state index in [1.54, 1.807) is 0 Å². The first-order valence-electron chi connectivity index (χ1n) is 7.57. The van der Waals surface area contributed by atoms with E-state index < -0.39 is 0 Å². The van der Waals surface area contributed by atoms with Crippen LogP contribution in [0.3, 0.4) is 0 Å². The largest absolute Gasteiger partial charge is 0.324 e. The zero-order chi connectivity index (χ0) is 15.3. The SMILES string of the molecule is CCC(C(=O)Nc1c(C)cc(C)cc1C)N(CC)CC.Cl. The van der Waals surface area contributed by atoms with Crippen LogP contribution in [0.2, 0.25) is 0 Å². The summed E-state index contributed by atoms with van der Waals surface area (Å²) in [7, 11) is 0. The first kappa shape index (κ1) is 19.9. The van der Waals surface area contributed by atoms with Gasteiger partial charge in [0.05, 0.1) is 6.04 Å². The molecule has 21 heavy (non-hydrogen) atoms. The lowest BCUT2D eigenvalue weighted by Crippen LogP contribution is -2.43. The van der Waals surface area contributed by atoms with Crippen LogP contribution in [0.15, 0.2) is 12.1 Å². The molecular formula is C17H29ClN2O. The van der Waals surface area contributed by atoms with Crippen LogP contribution < -0.4 is 5.32 Å². The van der Waals surface area contributed by atoms with Crippen LogP contribution in [0.4, 0.5) is 5.69 Å². The van der Waals surface area contributed by atoms with Crippen molar-refractivity contribution in [2.45, 2.75) is 54.0 Å². The molecular weight excluding hydrogens is 284 g/mol. The highest BCUT2D eigenvalue weighted by molar-refractivity contribution is 5.96. The summed E-state index contributed by atoms with van der Waals surface area (Å²) in [4.78, 5) is 14.7. The summed E-state index contributed by atoms with van der Waals surface area (Å²) in [5.41, 5.74) is 4.45. The molecule has 1 N–H and O–H groups in total. The Kier molecular flexibility index (Phi) is 8.60. The van der Waals surface area contributed by atoms with Gasteiger partial charge in [-0.2, -0.15) is 0 Å². The molecule has 0 spiro atoms. The molecule has 0 aliphatic heterocycles. The number of nitrogens with zero attached hydrogens (tertiary/aromatic N) is 1. The topological polar surface area (TPSA) is 32.3 Å². The number of halogens is 1. The fourth-order valence-corrected chi connectivity index (χ4v) is 2.86. The van der Waals surface area contributed by atoms with Gasteiger partial charge in [-0.15, -0.1) is 12.4 Å². The number of hydrogen-bond acceptors (Lipinski definition) is 2. The maximum atomic E-state index is 12.5. The molecule has 0 bridgehead atoms. The molecule has 0 fully saturated rings. The van der Waals surface area contributed by atoms with Crippen LogP contribution in [-0.4, -0.2) is 29.9 Å². The Labute approximate surface area is 135 Å². The van der Waals surface area contributed by atoms with Crippen molar-refractivity contribution in [3.05, 3.63) is 28.8 Å². The second-order valence-corrected chi connectivity index (χ2v) is 5.41. The summed E-state index contributed by atoms with van der Waals surface area (Å²) in [6.07, 6.45) is 0.831. The predicted molar refractivity (Wildman–Crippen MR) is 93.5 cm³/mol. The van der Waals surface area contributed by atoms with Crippen molar-refractivity contribution in [2.24, 2.45) is 0 Å². The number of likely N-dealkylation sites (N-methyl/N-ethyl adjacent to an activating group) is 1. The van der Waals surface area contributed by atoms with E-state index in [1.165, 1.54) is 5.56 Å². The molecule has 3 nitrogen and oxygen atoms in total. The van der Waals surface area contributed by atoms with Crippen molar-refractivity contribution in [1.82, 2.24) is 4.90 Å². The Morgan fingerprint density at radius 3 is 1.95 bits per heavy atom. The summed E-state index contributed by atoms with van der Waals surface area (Å²) in [6, 6.07) is 4.17. The van der Waals surface area contributed by atoms with Crippen molar-refractivity contribution in [2.75, 3.05) is 18.4 Å². The van der Waals surface area contributed by atoms with Gasteiger partial charge in [0, 0.05) is 5.69 Å². The van der Waals surface area contributed by atoms with E-state index in [2.05, 4.69) is 50.0 Å². The quantitative estimate of drug-likeness (QED) is 0.858. The fourth-order valence-electron chi connectivity index (χ4n) is 2.86. The highest BCUT2D eigenvalue weighted by atomic mass is 35.5. The number of nitrogens with one attached hydrogen (secondary N) is 1. The maximum absolute atomic E-state index is 12.5. The molecule has 0 aliphatic carbocycles. The summed E-state index contributed by atoms with van der Waals surface area (Å²) in [5, 5.41) is 3.13. The molecule has 1 rings (SSSR count). The molecule has 0 aromatic heterocycles. The molecule has 1 unspecified atom stereocenters. The Bertz CT molecular complexity index is 447. The molecule has 4 heteroatoms. The van der Waals surface area contributed by atoms with Gasteiger partial charge in [0.25, 0.3) is 0 Å². The van der Waals surface area contributed by atoms with Crippen LogP contribution in [0.1, 0.15) is 43.9 Å². The van der Waals surface area contributed by atoms with Gasteiger partial charge in [0.1, 0.15) is 0 Å². The molecule has 120 valence electrons. The minimum absolute atomic E-state index is 0. The number of amides is 1. The zero-order valence-electron chi connectivity index (χ0n) is 14.1. The van der Waals surface area contributed by atoms with E-state index in [-0.39, 0.29) is 24.4 Å². The van der Waals surface area contributed by atoms with Gasteiger partial charge < -0.3 is 5.32 Å². The normalized spacial score (nSPS) is 12.0. The van der Waals surface area contributed by atoms with Crippen molar-refractivity contribution < 1.29 is 4.79 Å². The maximum Gasteiger partial charge on any atom is 0.241 e. The van der Waals surface area contributed by atoms with E-state index in [9.17, 15) is 4.79 Å². The Balaban J connectivity index is 0.00000400. The molecule has 0 radical (unpaired) electrons. The number of carbonyl (C=O) groups is 1. The zero-order valence-corrected chi connectivity index (χ0v) is 14.9. The Morgan fingerprint density at radius 1 is 1.10 bits per heavy atom. The van der Waals surface area contributed by atoms with Gasteiger partial charge in [-0.25, -0.2) is 0 Å². The highest BCUT2D eigenvalue weighted by Crippen LogP contribution is 2.22. The molecule has 0 saturated heterocycles. The van der Waals surface area contributed by atoms with Gasteiger partial charge in [-0.05, 0) is 51.4 Å². The first-order valence-corrected chi connectivity index (χ1v) is 7.57. The number of rotatable bonds is 6. The van der Waals surface area contributed by atoms with E-state index in [0.29, 0.717) is 0 Å². The third-order valence-electron chi connectivity index (χ3n) is 3.87. The van der Waals surface area contributed by atoms with E-state index >= 15 is 0 Å². The van der Waals surface area contributed by atoms with E-state index in [1.807, 2.05) is 13.8 Å². The van der Waals surface area contributed by atoms with Gasteiger partial charge in [-0.1, -0.05) is 38.5 Å². The van der Waals surface area contributed by atoms with Crippen molar-refractivity contribution in [3.8, 4) is 0 Å². The number of anilines is 1.